The summed E-state index contributed by atoms with van der Waals surface area (Å²) in [5, 5.41) is 5.48. The average Bonchev–Trinajstić information content (AvgIpc) is 3.02. The molecule has 1 aliphatic heterocycles. The van der Waals surface area contributed by atoms with Gasteiger partial charge in [0, 0.05) is 20.6 Å². The fourth-order valence-electron chi connectivity index (χ4n) is 3.23. The van der Waals surface area contributed by atoms with Crippen LogP contribution in [0.15, 0.2) is 0 Å². The van der Waals surface area contributed by atoms with Crippen LogP contribution in [-0.2, 0) is 14.4 Å². The van der Waals surface area contributed by atoms with E-state index in [4.69, 9.17) is 0 Å². The Hall–Kier alpha value is -2.12. The van der Waals surface area contributed by atoms with E-state index >= 15 is 0 Å². The van der Waals surface area contributed by atoms with E-state index in [-0.39, 0.29) is 11.8 Å². The summed E-state index contributed by atoms with van der Waals surface area (Å²) >= 11 is 0. The van der Waals surface area contributed by atoms with Crippen LogP contribution in [0.3, 0.4) is 0 Å². The molecule has 0 bridgehead atoms. The number of carbonyl (C=O) groups excluding carboxylic acids is 4. The molecular weight excluding hydrogens is 360 g/mol. The average molecular weight is 397 g/mol. The van der Waals surface area contributed by atoms with E-state index in [9.17, 15) is 19.2 Å². The molecule has 0 saturated carbocycles. The third-order valence-corrected chi connectivity index (χ3v) is 4.96. The SMILES string of the molecule is CN(C)C(=O)C(NC(=O)NC(C(=O)N1CCCC1C=O)C(C)(C)C)C(C)(C)C. The molecule has 1 fully saturated rings. The molecule has 1 rings (SSSR count). The summed E-state index contributed by atoms with van der Waals surface area (Å²) in [7, 11) is 3.27. The number of hydrogen-bond acceptors (Lipinski definition) is 4. The third kappa shape index (κ3) is 5.94. The van der Waals surface area contributed by atoms with Crippen molar-refractivity contribution in [2.24, 2.45) is 10.8 Å². The van der Waals surface area contributed by atoms with Crippen molar-refractivity contribution >= 4 is 24.1 Å². The summed E-state index contributed by atoms with van der Waals surface area (Å²) < 4.78 is 0. The van der Waals surface area contributed by atoms with E-state index in [1.165, 1.54) is 9.80 Å². The van der Waals surface area contributed by atoms with Gasteiger partial charge in [0.1, 0.15) is 18.4 Å². The van der Waals surface area contributed by atoms with Gasteiger partial charge in [-0.15, -0.1) is 0 Å². The number of rotatable bonds is 5. The van der Waals surface area contributed by atoms with E-state index in [2.05, 4.69) is 10.6 Å². The summed E-state index contributed by atoms with van der Waals surface area (Å²) in [5.74, 6) is -0.495. The molecule has 0 aromatic rings. The standard InChI is InChI=1S/C20H36N4O4/c1-19(2,3)14(16(26)23(7)8)21-18(28)22-15(20(4,5)6)17(27)24-11-9-10-13(24)12-25/h12-15H,9-11H2,1-8H3,(H2,21,22,28). The fraction of sp³-hybridized carbons (Fsp3) is 0.800. The highest BCUT2D eigenvalue weighted by molar-refractivity contribution is 5.92. The van der Waals surface area contributed by atoms with Crippen LogP contribution < -0.4 is 10.6 Å². The number of hydrogen-bond donors (Lipinski definition) is 2. The Morgan fingerprint density at radius 3 is 1.93 bits per heavy atom. The Morgan fingerprint density at radius 1 is 1.00 bits per heavy atom. The number of carbonyl (C=O) groups is 4. The number of nitrogens with one attached hydrogen (secondary N) is 2. The highest BCUT2D eigenvalue weighted by Crippen LogP contribution is 2.25. The molecule has 0 aromatic heterocycles. The Morgan fingerprint density at radius 2 is 1.50 bits per heavy atom. The van der Waals surface area contributed by atoms with E-state index in [0.717, 1.165) is 12.7 Å². The van der Waals surface area contributed by atoms with Crippen LogP contribution in [0.2, 0.25) is 0 Å². The second-order valence-electron chi connectivity index (χ2n) is 9.83. The minimum Gasteiger partial charge on any atom is -0.347 e. The van der Waals surface area contributed by atoms with Gasteiger partial charge in [-0.1, -0.05) is 41.5 Å². The number of amides is 4. The summed E-state index contributed by atoms with van der Waals surface area (Å²) in [6.07, 6.45) is 2.19. The van der Waals surface area contributed by atoms with Crippen molar-refractivity contribution in [1.82, 2.24) is 20.4 Å². The van der Waals surface area contributed by atoms with Gasteiger partial charge in [0.05, 0.1) is 6.04 Å². The highest BCUT2D eigenvalue weighted by Gasteiger charge is 2.41. The molecule has 28 heavy (non-hydrogen) atoms. The largest absolute Gasteiger partial charge is 0.347 e. The van der Waals surface area contributed by atoms with Crippen LogP contribution in [0.25, 0.3) is 0 Å². The van der Waals surface area contributed by atoms with Crippen molar-refractivity contribution in [3.63, 3.8) is 0 Å². The fourth-order valence-corrected chi connectivity index (χ4v) is 3.23. The van der Waals surface area contributed by atoms with Crippen molar-refractivity contribution in [3.05, 3.63) is 0 Å². The minimum absolute atomic E-state index is 0.221. The Kier molecular flexibility index (Phi) is 7.62. The number of aldehydes is 1. The first kappa shape index (κ1) is 23.9. The normalized spacial score (nSPS) is 19.6. The van der Waals surface area contributed by atoms with Gasteiger partial charge in [-0.05, 0) is 23.7 Å². The second-order valence-corrected chi connectivity index (χ2v) is 9.83. The van der Waals surface area contributed by atoms with E-state index < -0.39 is 35.0 Å². The van der Waals surface area contributed by atoms with Crippen LogP contribution in [0.1, 0.15) is 54.4 Å². The van der Waals surface area contributed by atoms with Gasteiger partial charge in [-0.3, -0.25) is 9.59 Å². The number of likely N-dealkylation sites (tertiary alicyclic amines) is 1. The van der Waals surface area contributed by atoms with Gasteiger partial charge in [-0.25, -0.2) is 4.79 Å². The Balaban J connectivity index is 3.00. The van der Waals surface area contributed by atoms with Gasteiger partial charge < -0.3 is 25.2 Å². The zero-order valence-electron chi connectivity index (χ0n) is 18.5. The molecule has 0 spiro atoms. The van der Waals surface area contributed by atoms with Crippen LogP contribution in [0.5, 0.6) is 0 Å². The lowest BCUT2D eigenvalue weighted by Crippen LogP contribution is -2.61. The minimum atomic E-state index is -0.817. The molecule has 1 saturated heterocycles. The van der Waals surface area contributed by atoms with E-state index in [1.807, 2.05) is 41.5 Å². The van der Waals surface area contributed by atoms with E-state index in [0.29, 0.717) is 13.0 Å². The maximum Gasteiger partial charge on any atom is 0.316 e. The molecule has 3 atom stereocenters. The maximum atomic E-state index is 13.1. The maximum absolute atomic E-state index is 13.1. The second kappa shape index (κ2) is 8.92. The number of likely N-dealkylation sites (N-methyl/N-ethyl adjacent to an activating group) is 1. The van der Waals surface area contributed by atoms with Crippen LogP contribution >= 0.6 is 0 Å². The summed E-state index contributed by atoms with van der Waals surface area (Å²) in [6, 6.07) is -2.58. The molecule has 0 aromatic carbocycles. The van der Waals surface area contributed by atoms with Gasteiger partial charge in [0.25, 0.3) is 0 Å². The first-order valence-corrected chi connectivity index (χ1v) is 9.74. The van der Waals surface area contributed by atoms with E-state index in [1.54, 1.807) is 14.1 Å². The topological polar surface area (TPSA) is 98.8 Å². The molecule has 0 aliphatic carbocycles. The van der Waals surface area contributed by atoms with Crippen LogP contribution in [-0.4, -0.2) is 72.7 Å². The summed E-state index contributed by atoms with van der Waals surface area (Å²) in [5.41, 5.74) is -1.06. The van der Waals surface area contributed by atoms with Gasteiger partial charge >= 0.3 is 6.03 Å². The molecule has 1 aliphatic rings. The van der Waals surface area contributed by atoms with Gasteiger partial charge in [-0.2, -0.15) is 0 Å². The third-order valence-electron chi connectivity index (χ3n) is 4.96. The Labute approximate surface area is 168 Å². The molecule has 8 heteroatoms. The lowest BCUT2D eigenvalue weighted by molar-refractivity contribution is -0.138. The predicted molar refractivity (Wildman–Crippen MR) is 108 cm³/mol. The monoisotopic (exact) mass is 396 g/mol. The molecule has 4 amide bonds. The summed E-state index contributed by atoms with van der Waals surface area (Å²) in [6.45, 7) is 11.7. The number of nitrogens with zero attached hydrogens (tertiary/aromatic N) is 2. The molecule has 8 nitrogen and oxygen atoms in total. The van der Waals surface area contributed by atoms with Crippen LogP contribution in [0, 0.1) is 10.8 Å². The molecule has 160 valence electrons. The molecule has 1 heterocycles. The number of urea groups is 1. The lowest BCUT2D eigenvalue weighted by Gasteiger charge is -2.36. The van der Waals surface area contributed by atoms with Crippen molar-refractivity contribution in [2.45, 2.75) is 72.5 Å². The zero-order valence-corrected chi connectivity index (χ0v) is 18.5. The van der Waals surface area contributed by atoms with Crippen molar-refractivity contribution < 1.29 is 19.2 Å². The smallest absolute Gasteiger partial charge is 0.316 e. The van der Waals surface area contributed by atoms with Crippen molar-refractivity contribution in [3.8, 4) is 0 Å². The summed E-state index contributed by atoms with van der Waals surface area (Å²) in [4.78, 5) is 52.5. The van der Waals surface area contributed by atoms with Gasteiger partial charge in [0.2, 0.25) is 11.8 Å². The Bertz CT molecular complexity index is 604. The lowest BCUT2D eigenvalue weighted by atomic mass is 9.85. The van der Waals surface area contributed by atoms with Crippen LogP contribution in [0.4, 0.5) is 4.79 Å². The first-order valence-electron chi connectivity index (χ1n) is 9.74. The molecule has 0 radical (unpaired) electrons. The quantitative estimate of drug-likeness (QED) is 0.686. The van der Waals surface area contributed by atoms with Crippen molar-refractivity contribution in [2.75, 3.05) is 20.6 Å². The molecular formula is C20H36N4O4. The van der Waals surface area contributed by atoms with Crippen molar-refractivity contribution in [1.29, 1.82) is 0 Å². The first-order chi connectivity index (χ1) is 12.7. The highest BCUT2D eigenvalue weighted by atomic mass is 16.2. The zero-order chi connectivity index (χ0) is 21.9. The molecule has 3 unspecified atom stereocenters. The predicted octanol–water partition coefficient (Wildman–Crippen LogP) is 1.39. The van der Waals surface area contributed by atoms with Gasteiger partial charge in [0.15, 0.2) is 0 Å². The molecule has 2 N–H and O–H groups in total.